The molecule has 0 aromatic heterocycles. The molecule has 200 valence electrons. The van der Waals surface area contributed by atoms with Crippen LogP contribution in [0, 0.1) is 6.92 Å². The Morgan fingerprint density at radius 2 is 1.44 bits per heavy atom. The van der Waals surface area contributed by atoms with E-state index in [0.29, 0.717) is 60.4 Å². The molecule has 0 atom stereocenters. The molecule has 1 saturated heterocycles. The molecular weight excluding hydrogens is 510 g/mol. The molecule has 0 unspecified atom stereocenters. The van der Waals surface area contributed by atoms with Gasteiger partial charge < -0.3 is 10.1 Å². The monoisotopic (exact) mass is 541 g/mol. The van der Waals surface area contributed by atoms with Crippen molar-refractivity contribution < 1.29 is 17.9 Å². The van der Waals surface area contributed by atoms with E-state index in [4.69, 9.17) is 4.74 Å². The number of hydrogen-bond donors (Lipinski definition) is 1. The Hall–Kier alpha value is -3.98. The fraction of sp³-hybridized carbons (Fsp3) is 0.194. The quantitative estimate of drug-likeness (QED) is 0.317. The van der Waals surface area contributed by atoms with Gasteiger partial charge in [0.1, 0.15) is 5.75 Å². The SMILES string of the molecule is Cc1ccc(S(=O)(=O)N2CCN(Cc3ccc(C(=O)Nc4ccccc4Oc4ccccc4)cc3)CC2)cc1. The first-order valence-electron chi connectivity index (χ1n) is 12.9. The van der Waals surface area contributed by atoms with Crippen molar-refractivity contribution in [2.45, 2.75) is 18.4 Å². The lowest BCUT2D eigenvalue weighted by molar-refractivity contribution is 0.102. The van der Waals surface area contributed by atoms with E-state index in [1.165, 1.54) is 0 Å². The molecule has 8 heteroatoms. The average Bonchev–Trinajstić information content (AvgIpc) is 2.95. The molecule has 0 saturated carbocycles. The van der Waals surface area contributed by atoms with Crippen LogP contribution < -0.4 is 10.1 Å². The fourth-order valence-electron chi connectivity index (χ4n) is 4.48. The minimum atomic E-state index is -3.48. The van der Waals surface area contributed by atoms with Crippen LogP contribution in [0.15, 0.2) is 108 Å². The Balaban J connectivity index is 1.16. The number of benzene rings is 4. The highest BCUT2D eigenvalue weighted by Crippen LogP contribution is 2.29. The predicted molar refractivity (Wildman–Crippen MR) is 153 cm³/mol. The second-order valence-corrected chi connectivity index (χ2v) is 11.5. The Bertz CT molecular complexity index is 1510. The van der Waals surface area contributed by atoms with Crippen LogP contribution in [0.2, 0.25) is 0 Å². The molecule has 1 fully saturated rings. The van der Waals surface area contributed by atoms with Gasteiger partial charge in [0, 0.05) is 38.3 Å². The van der Waals surface area contributed by atoms with Crippen molar-refractivity contribution in [3.8, 4) is 11.5 Å². The van der Waals surface area contributed by atoms with Gasteiger partial charge in [-0.25, -0.2) is 8.42 Å². The maximum Gasteiger partial charge on any atom is 0.255 e. The molecule has 0 bridgehead atoms. The van der Waals surface area contributed by atoms with Gasteiger partial charge in [-0.15, -0.1) is 0 Å². The van der Waals surface area contributed by atoms with Crippen LogP contribution in [-0.2, 0) is 16.6 Å². The summed E-state index contributed by atoms with van der Waals surface area (Å²) in [7, 11) is -3.48. The molecule has 4 aromatic rings. The zero-order valence-corrected chi connectivity index (χ0v) is 22.6. The summed E-state index contributed by atoms with van der Waals surface area (Å²) in [5, 5.41) is 2.95. The van der Waals surface area contributed by atoms with Crippen LogP contribution in [0.3, 0.4) is 0 Å². The zero-order chi connectivity index (χ0) is 27.2. The van der Waals surface area contributed by atoms with E-state index in [0.717, 1.165) is 11.1 Å². The van der Waals surface area contributed by atoms with Gasteiger partial charge in [0.05, 0.1) is 10.6 Å². The van der Waals surface area contributed by atoms with Crippen LogP contribution in [-0.4, -0.2) is 49.7 Å². The number of carbonyl (C=O) groups is 1. The number of amides is 1. The minimum absolute atomic E-state index is 0.222. The zero-order valence-electron chi connectivity index (χ0n) is 21.8. The number of ether oxygens (including phenoxy) is 1. The van der Waals surface area contributed by atoms with Gasteiger partial charge >= 0.3 is 0 Å². The first-order chi connectivity index (χ1) is 18.9. The topological polar surface area (TPSA) is 79.0 Å². The minimum Gasteiger partial charge on any atom is -0.455 e. The van der Waals surface area contributed by atoms with Gasteiger partial charge in [-0.1, -0.05) is 60.2 Å². The lowest BCUT2D eigenvalue weighted by Crippen LogP contribution is -2.48. The molecule has 4 aromatic carbocycles. The van der Waals surface area contributed by atoms with Crippen molar-refractivity contribution in [2.75, 3.05) is 31.5 Å². The van der Waals surface area contributed by atoms with Crippen molar-refractivity contribution in [3.05, 3.63) is 120 Å². The van der Waals surface area contributed by atoms with E-state index >= 15 is 0 Å². The molecule has 0 aliphatic carbocycles. The maximum atomic E-state index is 13.0. The number of piperazine rings is 1. The van der Waals surface area contributed by atoms with Crippen LogP contribution in [0.4, 0.5) is 5.69 Å². The average molecular weight is 542 g/mol. The van der Waals surface area contributed by atoms with Crippen molar-refractivity contribution in [1.29, 1.82) is 0 Å². The van der Waals surface area contributed by atoms with Gasteiger partial charge in [0.15, 0.2) is 5.75 Å². The highest BCUT2D eigenvalue weighted by molar-refractivity contribution is 7.89. The van der Waals surface area contributed by atoms with Crippen molar-refractivity contribution in [3.63, 3.8) is 0 Å². The number of nitrogens with one attached hydrogen (secondary N) is 1. The van der Waals surface area contributed by atoms with Crippen molar-refractivity contribution in [2.24, 2.45) is 0 Å². The molecule has 1 heterocycles. The van der Waals surface area contributed by atoms with E-state index < -0.39 is 10.0 Å². The van der Waals surface area contributed by atoms with E-state index in [1.54, 1.807) is 16.4 Å². The van der Waals surface area contributed by atoms with Crippen molar-refractivity contribution in [1.82, 2.24) is 9.21 Å². The molecule has 0 radical (unpaired) electrons. The molecule has 39 heavy (non-hydrogen) atoms. The normalized spacial score (nSPS) is 14.6. The number of hydrogen-bond acceptors (Lipinski definition) is 5. The van der Waals surface area contributed by atoms with E-state index in [1.807, 2.05) is 97.9 Å². The third-order valence-corrected chi connectivity index (χ3v) is 8.63. The summed E-state index contributed by atoms with van der Waals surface area (Å²) < 4.78 is 33.4. The molecular formula is C31H31N3O4S. The molecule has 1 amide bonds. The van der Waals surface area contributed by atoms with Gasteiger partial charge in [0.25, 0.3) is 5.91 Å². The second kappa shape index (κ2) is 11.8. The van der Waals surface area contributed by atoms with Gasteiger partial charge in [-0.05, 0) is 61.0 Å². The van der Waals surface area contributed by atoms with Crippen LogP contribution >= 0.6 is 0 Å². The number of carbonyl (C=O) groups excluding carboxylic acids is 1. The third-order valence-electron chi connectivity index (χ3n) is 6.72. The summed E-state index contributed by atoms with van der Waals surface area (Å²) in [6, 6.07) is 31.3. The molecule has 1 aliphatic rings. The van der Waals surface area contributed by atoms with E-state index in [-0.39, 0.29) is 5.91 Å². The van der Waals surface area contributed by atoms with Crippen LogP contribution in [0.5, 0.6) is 11.5 Å². The maximum absolute atomic E-state index is 13.0. The van der Waals surface area contributed by atoms with Crippen LogP contribution in [0.25, 0.3) is 0 Å². The summed E-state index contributed by atoms with van der Waals surface area (Å²) in [5.41, 5.74) is 3.23. The van der Waals surface area contributed by atoms with Gasteiger partial charge in [0.2, 0.25) is 10.0 Å². The highest BCUT2D eigenvalue weighted by Gasteiger charge is 2.28. The molecule has 5 rings (SSSR count). The summed E-state index contributed by atoms with van der Waals surface area (Å²) >= 11 is 0. The Labute approximate surface area is 229 Å². The summed E-state index contributed by atoms with van der Waals surface area (Å²) in [4.78, 5) is 15.5. The lowest BCUT2D eigenvalue weighted by Gasteiger charge is -2.34. The van der Waals surface area contributed by atoms with Crippen LogP contribution in [0.1, 0.15) is 21.5 Å². The van der Waals surface area contributed by atoms with Gasteiger partial charge in [-0.2, -0.15) is 4.31 Å². The summed E-state index contributed by atoms with van der Waals surface area (Å²) in [6.45, 7) is 4.81. The largest absolute Gasteiger partial charge is 0.455 e. The van der Waals surface area contributed by atoms with E-state index in [2.05, 4.69) is 10.2 Å². The Morgan fingerprint density at radius 1 is 0.795 bits per heavy atom. The Kier molecular flexibility index (Phi) is 8.07. The second-order valence-electron chi connectivity index (χ2n) is 9.56. The number of para-hydroxylation sites is 3. The molecule has 0 spiro atoms. The first-order valence-corrected chi connectivity index (χ1v) is 14.3. The molecule has 1 aliphatic heterocycles. The van der Waals surface area contributed by atoms with E-state index in [9.17, 15) is 13.2 Å². The lowest BCUT2D eigenvalue weighted by atomic mass is 10.1. The smallest absolute Gasteiger partial charge is 0.255 e. The Morgan fingerprint density at radius 3 is 2.13 bits per heavy atom. The number of rotatable bonds is 8. The number of sulfonamides is 1. The summed E-state index contributed by atoms with van der Waals surface area (Å²) in [6.07, 6.45) is 0. The van der Waals surface area contributed by atoms with Crippen molar-refractivity contribution >= 4 is 21.6 Å². The third kappa shape index (κ3) is 6.54. The number of nitrogens with zero attached hydrogens (tertiary/aromatic N) is 2. The molecule has 1 N–H and O–H groups in total. The fourth-order valence-corrected chi connectivity index (χ4v) is 5.90. The standard InChI is InChI=1S/C31H31N3O4S/c1-24-11-17-28(18-12-24)39(36,37)34-21-19-33(20-22-34)23-25-13-15-26(16-14-25)31(35)32-29-9-5-6-10-30(29)38-27-7-3-2-4-8-27/h2-18H,19-23H2,1H3,(H,32,35). The number of aryl methyl sites for hydroxylation is 1. The molecule has 7 nitrogen and oxygen atoms in total. The predicted octanol–water partition coefficient (Wildman–Crippen LogP) is 5.55. The highest BCUT2D eigenvalue weighted by atomic mass is 32.2. The van der Waals surface area contributed by atoms with Gasteiger partial charge in [-0.3, -0.25) is 9.69 Å². The summed E-state index contributed by atoms with van der Waals surface area (Å²) in [5.74, 6) is 1.04. The first kappa shape index (κ1) is 26.6. The number of anilines is 1.